The van der Waals surface area contributed by atoms with Crippen LogP contribution < -0.4 is 5.32 Å². The SMILES string of the molecule is c1cc(Nc2ccns2)ccn1. The molecule has 0 saturated carbocycles. The van der Waals surface area contributed by atoms with Crippen LogP contribution in [0, 0.1) is 0 Å². The van der Waals surface area contributed by atoms with Gasteiger partial charge in [0.1, 0.15) is 5.00 Å². The standard InChI is InChI=1S/C8H7N3S/c1-4-9-5-2-7(1)11-8-3-6-10-12-8/h1-6H,(H,9,11). The normalized spacial score (nSPS) is 9.67. The summed E-state index contributed by atoms with van der Waals surface area (Å²) < 4.78 is 3.98. The van der Waals surface area contributed by atoms with Gasteiger partial charge >= 0.3 is 0 Å². The Morgan fingerprint density at radius 1 is 1.08 bits per heavy atom. The number of hydrogen-bond acceptors (Lipinski definition) is 4. The Morgan fingerprint density at radius 3 is 2.58 bits per heavy atom. The zero-order chi connectivity index (χ0) is 8.23. The minimum Gasteiger partial charge on any atom is -0.346 e. The molecule has 0 atom stereocenters. The van der Waals surface area contributed by atoms with Crippen LogP contribution in [-0.2, 0) is 0 Å². The first-order valence-corrected chi connectivity index (χ1v) is 4.30. The van der Waals surface area contributed by atoms with Crippen LogP contribution in [0.2, 0.25) is 0 Å². The Labute approximate surface area is 74.3 Å². The van der Waals surface area contributed by atoms with Crippen molar-refractivity contribution in [3.8, 4) is 0 Å². The van der Waals surface area contributed by atoms with E-state index in [0.717, 1.165) is 10.7 Å². The van der Waals surface area contributed by atoms with Gasteiger partial charge in [-0.25, -0.2) is 0 Å². The van der Waals surface area contributed by atoms with Crippen molar-refractivity contribution < 1.29 is 0 Å². The van der Waals surface area contributed by atoms with Crippen molar-refractivity contribution in [2.24, 2.45) is 0 Å². The van der Waals surface area contributed by atoms with E-state index in [4.69, 9.17) is 0 Å². The van der Waals surface area contributed by atoms with Gasteiger partial charge in [0.05, 0.1) is 0 Å². The fraction of sp³-hybridized carbons (Fsp3) is 0. The third-order valence-electron chi connectivity index (χ3n) is 1.39. The summed E-state index contributed by atoms with van der Waals surface area (Å²) in [5.41, 5.74) is 1.04. The van der Waals surface area contributed by atoms with E-state index in [1.165, 1.54) is 11.5 Å². The topological polar surface area (TPSA) is 37.8 Å². The number of nitrogens with zero attached hydrogens (tertiary/aromatic N) is 2. The molecule has 0 aromatic carbocycles. The molecule has 0 fully saturated rings. The molecule has 0 radical (unpaired) electrons. The molecule has 1 N–H and O–H groups in total. The van der Waals surface area contributed by atoms with E-state index in [9.17, 15) is 0 Å². The zero-order valence-corrected chi connectivity index (χ0v) is 7.08. The van der Waals surface area contributed by atoms with Gasteiger partial charge in [0.25, 0.3) is 0 Å². The number of pyridine rings is 1. The summed E-state index contributed by atoms with van der Waals surface area (Å²) in [4.78, 5) is 3.92. The molecule has 0 bridgehead atoms. The molecule has 0 saturated heterocycles. The highest BCUT2D eigenvalue weighted by molar-refractivity contribution is 7.10. The lowest BCUT2D eigenvalue weighted by molar-refractivity contribution is 1.33. The Balaban J connectivity index is 2.15. The van der Waals surface area contributed by atoms with Crippen LogP contribution >= 0.6 is 11.5 Å². The fourth-order valence-electron chi connectivity index (χ4n) is 0.858. The molecule has 0 spiro atoms. The van der Waals surface area contributed by atoms with Crippen molar-refractivity contribution in [2.75, 3.05) is 5.32 Å². The smallest absolute Gasteiger partial charge is 0.113 e. The highest BCUT2D eigenvalue weighted by Crippen LogP contribution is 2.17. The molecule has 0 aliphatic heterocycles. The predicted molar refractivity (Wildman–Crippen MR) is 49.6 cm³/mol. The van der Waals surface area contributed by atoms with Crippen LogP contribution in [-0.4, -0.2) is 9.36 Å². The monoisotopic (exact) mass is 177 g/mol. The first-order valence-electron chi connectivity index (χ1n) is 3.53. The molecule has 60 valence electrons. The van der Waals surface area contributed by atoms with E-state index in [-0.39, 0.29) is 0 Å². The zero-order valence-electron chi connectivity index (χ0n) is 6.27. The summed E-state index contributed by atoms with van der Waals surface area (Å²) in [5.74, 6) is 0. The molecule has 0 amide bonds. The summed E-state index contributed by atoms with van der Waals surface area (Å²) in [6.45, 7) is 0. The van der Waals surface area contributed by atoms with Crippen LogP contribution in [0.5, 0.6) is 0 Å². The first kappa shape index (κ1) is 7.24. The largest absolute Gasteiger partial charge is 0.346 e. The molecule has 3 nitrogen and oxygen atoms in total. The summed E-state index contributed by atoms with van der Waals surface area (Å²) in [7, 11) is 0. The molecule has 12 heavy (non-hydrogen) atoms. The van der Waals surface area contributed by atoms with Crippen LogP contribution in [0.1, 0.15) is 0 Å². The maximum Gasteiger partial charge on any atom is 0.113 e. The molecule has 0 aliphatic rings. The molecule has 0 aliphatic carbocycles. The molecule has 2 aromatic heterocycles. The molecular formula is C8H7N3S. The third kappa shape index (κ3) is 1.60. The number of hydrogen-bond donors (Lipinski definition) is 1. The second-order valence-corrected chi connectivity index (χ2v) is 3.07. The molecule has 4 heteroatoms. The van der Waals surface area contributed by atoms with Crippen LogP contribution in [0.4, 0.5) is 10.7 Å². The molecule has 2 aromatic rings. The number of anilines is 2. The summed E-state index contributed by atoms with van der Waals surface area (Å²) in [5, 5.41) is 4.24. The summed E-state index contributed by atoms with van der Waals surface area (Å²) in [6, 6.07) is 5.77. The average Bonchev–Trinajstić information content (AvgIpc) is 2.59. The van der Waals surface area contributed by atoms with Gasteiger partial charge in [-0.15, -0.1) is 0 Å². The van der Waals surface area contributed by atoms with Crippen molar-refractivity contribution in [3.05, 3.63) is 36.8 Å². The van der Waals surface area contributed by atoms with Gasteiger partial charge in [-0.2, -0.15) is 4.37 Å². The van der Waals surface area contributed by atoms with Crippen LogP contribution in [0.15, 0.2) is 36.8 Å². The lowest BCUT2D eigenvalue weighted by atomic mass is 10.4. The number of rotatable bonds is 2. The quantitative estimate of drug-likeness (QED) is 0.764. The van der Waals surface area contributed by atoms with E-state index in [0.29, 0.717) is 0 Å². The Kier molecular flexibility index (Phi) is 2.00. The predicted octanol–water partition coefficient (Wildman–Crippen LogP) is 2.28. The second kappa shape index (κ2) is 3.32. The number of nitrogens with one attached hydrogen (secondary N) is 1. The Bertz CT molecular complexity index is 330. The fourth-order valence-corrected chi connectivity index (χ4v) is 1.38. The van der Waals surface area contributed by atoms with Crippen LogP contribution in [0.3, 0.4) is 0 Å². The van der Waals surface area contributed by atoms with Gasteiger partial charge in [0, 0.05) is 24.3 Å². The average molecular weight is 177 g/mol. The van der Waals surface area contributed by atoms with Gasteiger partial charge in [0.15, 0.2) is 0 Å². The summed E-state index contributed by atoms with van der Waals surface area (Å²) in [6.07, 6.45) is 5.28. The van der Waals surface area contributed by atoms with Gasteiger partial charge < -0.3 is 5.32 Å². The second-order valence-electron chi connectivity index (χ2n) is 2.24. The van der Waals surface area contributed by atoms with E-state index in [1.807, 2.05) is 18.2 Å². The third-order valence-corrected chi connectivity index (χ3v) is 2.05. The Morgan fingerprint density at radius 2 is 1.92 bits per heavy atom. The molecule has 2 heterocycles. The van der Waals surface area contributed by atoms with E-state index >= 15 is 0 Å². The number of aromatic nitrogens is 2. The van der Waals surface area contributed by atoms with Gasteiger partial charge in [-0.3, -0.25) is 4.98 Å². The minimum atomic E-state index is 1.04. The van der Waals surface area contributed by atoms with Gasteiger partial charge in [-0.05, 0) is 29.7 Å². The van der Waals surface area contributed by atoms with Gasteiger partial charge in [-0.1, -0.05) is 0 Å². The Hall–Kier alpha value is -1.42. The van der Waals surface area contributed by atoms with Gasteiger partial charge in [0.2, 0.25) is 0 Å². The minimum absolute atomic E-state index is 1.04. The van der Waals surface area contributed by atoms with Crippen molar-refractivity contribution in [1.29, 1.82) is 0 Å². The highest BCUT2D eigenvalue weighted by atomic mass is 32.1. The van der Waals surface area contributed by atoms with Crippen LogP contribution in [0.25, 0.3) is 0 Å². The molecule has 2 rings (SSSR count). The first-order chi connectivity index (χ1) is 5.95. The van der Waals surface area contributed by atoms with Crippen molar-refractivity contribution in [2.45, 2.75) is 0 Å². The van der Waals surface area contributed by atoms with Crippen molar-refractivity contribution >= 4 is 22.2 Å². The van der Waals surface area contributed by atoms with E-state index in [1.54, 1.807) is 18.6 Å². The van der Waals surface area contributed by atoms with E-state index < -0.39 is 0 Å². The van der Waals surface area contributed by atoms with Crippen molar-refractivity contribution in [3.63, 3.8) is 0 Å². The molecular weight excluding hydrogens is 170 g/mol. The lowest BCUT2D eigenvalue weighted by Crippen LogP contribution is -1.85. The van der Waals surface area contributed by atoms with Crippen molar-refractivity contribution in [1.82, 2.24) is 9.36 Å². The summed E-state index contributed by atoms with van der Waals surface area (Å²) >= 11 is 1.44. The lowest BCUT2D eigenvalue weighted by Gasteiger charge is -1.99. The maximum absolute atomic E-state index is 3.98. The molecule has 0 unspecified atom stereocenters. The highest BCUT2D eigenvalue weighted by Gasteiger charge is 1.93. The maximum atomic E-state index is 3.98. The van der Waals surface area contributed by atoms with E-state index in [2.05, 4.69) is 14.7 Å².